The second-order valence-corrected chi connectivity index (χ2v) is 14.2. The van der Waals surface area contributed by atoms with Gasteiger partial charge in [0.1, 0.15) is 20.4 Å². The number of alkyl halides is 3. The summed E-state index contributed by atoms with van der Waals surface area (Å²) in [4.78, 5) is 37.3. The van der Waals surface area contributed by atoms with Gasteiger partial charge in [0.2, 0.25) is 11.8 Å². The number of thiophene rings is 2. The van der Waals surface area contributed by atoms with Crippen LogP contribution in [0.3, 0.4) is 0 Å². The molecular weight excluding hydrogens is 690 g/mol. The molecule has 3 aromatic rings. The molecule has 0 radical (unpaired) electrons. The number of nitrogens with zero attached hydrogens (tertiary/aromatic N) is 2. The second-order valence-electron chi connectivity index (χ2n) is 9.10. The van der Waals surface area contributed by atoms with E-state index in [1.165, 1.54) is 22.3 Å². The number of carbonyl (C=O) groups is 3. The number of sulfonamides is 1. The summed E-state index contributed by atoms with van der Waals surface area (Å²) >= 11 is 14.1. The minimum Gasteiger partial charge on any atom is -0.475 e. The van der Waals surface area contributed by atoms with Gasteiger partial charge in [-0.05, 0) is 35.1 Å². The molecule has 1 atom stereocenters. The molecular formula is C25H24Cl2F3N5O6S3. The zero-order chi connectivity index (χ0) is 32.8. The average molecular weight is 715 g/mol. The molecule has 0 spiro atoms. The normalized spacial score (nSPS) is 15.2. The number of nitrogens with one attached hydrogen (secondary N) is 2. The number of nitrogen functional groups attached to an aromatic ring is 1. The van der Waals surface area contributed by atoms with Crippen LogP contribution in [0.4, 0.5) is 13.2 Å². The van der Waals surface area contributed by atoms with Crippen molar-refractivity contribution >= 4 is 79.5 Å². The third kappa shape index (κ3) is 9.15. The zero-order valence-corrected chi connectivity index (χ0v) is 26.3. The molecule has 2 amide bonds. The topological polar surface area (TPSA) is 174 Å². The van der Waals surface area contributed by atoms with Crippen molar-refractivity contribution in [3.8, 4) is 0 Å². The van der Waals surface area contributed by atoms with Crippen LogP contribution in [0.2, 0.25) is 9.36 Å². The van der Waals surface area contributed by atoms with Gasteiger partial charge in [-0.3, -0.25) is 15.0 Å². The average Bonchev–Trinajstić information content (AvgIpc) is 3.66. The van der Waals surface area contributed by atoms with Crippen LogP contribution in [-0.4, -0.2) is 71.7 Å². The van der Waals surface area contributed by atoms with Gasteiger partial charge < -0.3 is 21.1 Å². The van der Waals surface area contributed by atoms with Crippen LogP contribution in [0.15, 0.2) is 52.1 Å². The van der Waals surface area contributed by atoms with E-state index >= 15 is 0 Å². The molecule has 5 N–H and O–H groups in total. The van der Waals surface area contributed by atoms with Crippen LogP contribution in [0, 0.1) is 5.41 Å². The van der Waals surface area contributed by atoms with Gasteiger partial charge in [0.05, 0.1) is 16.4 Å². The first-order chi connectivity index (χ1) is 20.5. The largest absolute Gasteiger partial charge is 0.490 e. The number of halogens is 5. The minimum atomic E-state index is -5.08. The molecule has 1 fully saturated rings. The third-order valence-corrected chi connectivity index (χ3v) is 11.2. The number of carbonyl (C=O) groups excluding carboxylic acids is 2. The summed E-state index contributed by atoms with van der Waals surface area (Å²) in [6.07, 6.45) is -4.87. The first-order valence-corrected chi connectivity index (χ1v) is 16.2. The van der Waals surface area contributed by atoms with E-state index in [0.717, 1.165) is 26.8 Å². The lowest BCUT2D eigenvalue weighted by atomic mass is 10.2. The van der Waals surface area contributed by atoms with Crippen molar-refractivity contribution in [1.29, 1.82) is 5.41 Å². The van der Waals surface area contributed by atoms with E-state index in [1.54, 1.807) is 11.4 Å². The fraction of sp³-hybridized carbons (Fsp3) is 0.280. The summed E-state index contributed by atoms with van der Waals surface area (Å²) in [6, 6.07) is 11.1. The van der Waals surface area contributed by atoms with Crippen LogP contribution in [0.1, 0.15) is 22.4 Å². The Hall–Kier alpha value is -3.22. The van der Waals surface area contributed by atoms with Crippen molar-refractivity contribution in [1.82, 2.24) is 14.5 Å². The van der Waals surface area contributed by atoms with E-state index in [1.807, 2.05) is 30.3 Å². The molecule has 1 aromatic carbocycles. The summed E-state index contributed by atoms with van der Waals surface area (Å²) in [5, 5.41) is 19.3. The van der Waals surface area contributed by atoms with Gasteiger partial charge in [0, 0.05) is 19.6 Å². The second kappa shape index (κ2) is 14.7. The fourth-order valence-electron chi connectivity index (χ4n) is 3.89. The maximum absolute atomic E-state index is 13.6. The Morgan fingerprint density at radius 2 is 1.82 bits per heavy atom. The van der Waals surface area contributed by atoms with Crippen molar-refractivity contribution in [2.24, 2.45) is 5.73 Å². The molecule has 19 heteroatoms. The van der Waals surface area contributed by atoms with Crippen LogP contribution < -0.4 is 11.1 Å². The molecule has 238 valence electrons. The van der Waals surface area contributed by atoms with E-state index in [9.17, 15) is 31.2 Å². The lowest BCUT2D eigenvalue weighted by Crippen LogP contribution is -2.49. The number of aliphatic carboxylic acids is 1. The molecule has 44 heavy (non-hydrogen) atoms. The Bertz CT molecular complexity index is 1610. The number of hydrogen-bond acceptors (Lipinski definition) is 8. The Morgan fingerprint density at radius 1 is 1.18 bits per heavy atom. The molecule has 2 aromatic heterocycles. The predicted octanol–water partition coefficient (Wildman–Crippen LogP) is 4.14. The van der Waals surface area contributed by atoms with Crippen molar-refractivity contribution in [2.75, 3.05) is 13.1 Å². The molecule has 1 aliphatic heterocycles. The molecule has 0 saturated carbocycles. The van der Waals surface area contributed by atoms with Crippen molar-refractivity contribution < 1.29 is 41.1 Å². The number of hydrogen-bond donors (Lipinski definition) is 4. The van der Waals surface area contributed by atoms with Crippen LogP contribution in [0.5, 0.6) is 0 Å². The van der Waals surface area contributed by atoms with Crippen molar-refractivity contribution in [3.63, 3.8) is 0 Å². The molecule has 11 nitrogen and oxygen atoms in total. The molecule has 0 bridgehead atoms. The minimum absolute atomic E-state index is 0.0612. The molecule has 3 heterocycles. The lowest BCUT2D eigenvalue weighted by Gasteiger charge is -2.26. The van der Waals surface area contributed by atoms with Crippen LogP contribution >= 0.6 is 45.9 Å². The Balaban J connectivity index is 0.000000676. The molecule has 1 aliphatic rings. The number of nitrogens with two attached hydrogens (primary N) is 1. The number of amidine groups is 1. The van der Waals surface area contributed by atoms with Gasteiger partial charge in [-0.25, -0.2) is 13.2 Å². The van der Waals surface area contributed by atoms with Gasteiger partial charge in [0.15, 0.2) is 0 Å². The van der Waals surface area contributed by atoms with Crippen molar-refractivity contribution in [2.45, 2.75) is 35.9 Å². The van der Waals surface area contributed by atoms with E-state index in [0.29, 0.717) is 11.4 Å². The summed E-state index contributed by atoms with van der Waals surface area (Å²) in [6.45, 7) is 0.216. The van der Waals surface area contributed by atoms with Crippen LogP contribution in [-0.2, 0) is 37.5 Å². The highest BCUT2D eigenvalue weighted by Crippen LogP contribution is 2.37. The zero-order valence-electron chi connectivity index (χ0n) is 22.3. The highest BCUT2D eigenvalue weighted by Gasteiger charge is 2.43. The number of carboxylic acid groups (broad SMARTS) is 1. The maximum Gasteiger partial charge on any atom is 0.490 e. The van der Waals surface area contributed by atoms with Gasteiger partial charge in [-0.2, -0.15) is 17.5 Å². The summed E-state index contributed by atoms with van der Waals surface area (Å²) < 4.78 is 59.9. The SMILES string of the molecule is N=C(N)c1cc(CN2CC[C@H](N(CC(=O)NCc3ccccc3)S(=O)(=O)c3cc(Cl)c(Cl)s3)C2=O)cs1.O=C(O)C(F)(F)F. The predicted molar refractivity (Wildman–Crippen MR) is 159 cm³/mol. The highest BCUT2D eigenvalue weighted by molar-refractivity contribution is 7.91. The number of rotatable bonds is 10. The highest BCUT2D eigenvalue weighted by atomic mass is 35.5. The van der Waals surface area contributed by atoms with E-state index in [2.05, 4.69) is 5.32 Å². The van der Waals surface area contributed by atoms with E-state index in [-0.39, 0.29) is 38.9 Å². The fourth-order valence-corrected chi connectivity index (χ4v) is 8.24. The summed E-state index contributed by atoms with van der Waals surface area (Å²) in [5.41, 5.74) is 7.17. The molecule has 0 unspecified atom stereocenters. The Morgan fingerprint density at radius 3 is 2.34 bits per heavy atom. The summed E-state index contributed by atoms with van der Waals surface area (Å²) in [7, 11) is -4.27. The van der Waals surface area contributed by atoms with Gasteiger partial charge >= 0.3 is 12.1 Å². The number of amides is 2. The smallest absolute Gasteiger partial charge is 0.475 e. The number of carboxylic acids is 1. The third-order valence-electron chi connectivity index (χ3n) is 5.97. The molecule has 1 saturated heterocycles. The lowest BCUT2D eigenvalue weighted by molar-refractivity contribution is -0.192. The quantitative estimate of drug-likeness (QED) is 0.180. The van der Waals surface area contributed by atoms with Gasteiger partial charge in [-0.15, -0.1) is 22.7 Å². The number of benzene rings is 1. The standard InChI is InChI=1S/C23H23Cl2N5O4S3.C2HF3O2/c24-16-9-20(36-21(16)25)37(33,34)30(12-19(31)28-10-14-4-2-1-3-5-14)17-6-7-29(23(17)32)11-15-8-18(22(26)27)35-13-15;3-2(4,5)1(6)7/h1-5,8-9,13,17H,6-7,10-12H2,(H3,26,27)(H,28,31);(H,6,7)/t17-;/m0./s1. The Kier molecular flexibility index (Phi) is 11.8. The monoisotopic (exact) mass is 713 g/mol. The Labute approximate surface area is 267 Å². The van der Waals surface area contributed by atoms with Crippen molar-refractivity contribution in [3.05, 3.63) is 73.2 Å². The molecule has 0 aliphatic carbocycles. The summed E-state index contributed by atoms with van der Waals surface area (Å²) in [5.74, 6) is -3.78. The maximum atomic E-state index is 13.6. The van der Waals surface area contributed by atoms with Gasteiger partial charge in [-0.1, -0.05) is 53.5 Å². The van der Waals surface area contributed by atoms with Crippen LogP contribution in [0.25, 0.3) is 0 Å². The first kappa shape index (κ1) is 35.3. The van der Waals surface area contributed by atoms with E-state index < -0.39 is 46.6 Å². The first-order valence-electron chi connectivity index (χ1n) is 12.3. The van der Waals surface area contributed by atoms with E-state index in [4.69, 9.17) is 44.2 Å². The number of likely N-dealkylation sites (tertiary alicyclic amines) is 1. The van der Waals surface area contributed by atoms with Gasteiger partial charge in [0.25, 0.3) is 10.0 Å². The molecule has 4 rings (SSSR count).